The second-order valence-electron chi connectivity index (χ2n) is 4.93. The van der Waals surface area contributed by atoms with Crippen LogP contribution in [0.1, 0.15) is 26.2 Å². The van der Waals surface area contributed by atoms with E-state index in [0.717, 1.165) is 17.4 Å². The van der Waals surface area contributed by atoms with Crippen molar-refractivity contribution in [2.24, 2.45) is 5.92 Å². The normalized spacial score (nSPS) is 24.4. The van der Waals surface area contributed by atoms with Gasteiger partial charge in [0, 0.05) is 26.3 Å². The number of nitrogens with zero attached hydrogens (tertiary/aromatic N) is 2. The molecule has 0 spiro atoms. The van der Waals surface area contributed by atoms with Gasteiger partial charge in [-0.2, -0.15) is 0 Å². The van der Waals surface area contributed by atoms with E-state index in [1.54, 1.807) is 0 Å². The molecule has 1 aromatic heterocycles. The van der Waals surface area contributed by atoms with Crippen LogP contribution in [0.3, 0.4) is 0 Å². The number of aromatic nitrogens is 1. The van der Waals surface area contributed by atoms with E-state index in [9.17, 15) is 0 Å². The lowest BCUT2D eigenvalue weighted by Gasteiger charge is -2.22. The third kappa shape index (κ3) is 2.29. The molecule has 1 aliphatic carbocycles. The topological polar surface area (TPSA) is 28.2 Å². The highest BCUT2D eigenvalue weighted by Gasteiger charge is 2.23. The Kier molecular flexibility index (Phi) is 3.32. The average Bonchev–Trinajstić information content (AvgIpc) is 2.65. The molecule has 88 valence electrons. The van der Waals surface area contributed by atoms with Crippen molar-refractivity contribution in [2.45, 2.75) is 32.2 Å². The molecule has 1 aliphatic rings. The molecule has 0 aromatic carbocycles. The molecule has 0 bridgehead atoms. The van der Waals surface area contributed by atoms with Gasteiger partial charge in [0.05, 0.1) is 5.69 Å². The Morgan fingerprint density at radius 2 is 2.19 bits per heavy atom. The van der Waals surface area contributed by atoms with Crippen molar-refractivity contribution in [1.82, 2.24) is 4.98 Å². The van der Waals surface area contributed by atoms with Crippen LogP contribution < -0.4 is 10.2 Å². The molecule has 0 saturated heterocycles. The Bertz CT molecular complexity index is 349. The third-order valence-corrected chi connectivity index (χ3v) is 3.41. The van der Waals surface area contributed by atoms with Gasteiger partial charge in [-0.25, -0.2) is 4.98 Å². The predicted octanol–water partition coefficient (Wildman–Crippen LogP) is 2.75. The lowest BCUT2D eigenvalue weighted by atomic mass is 10.1. The molecular formula is C13H21N3. The monoisotopic (exact) mass is 219 g/mol. The van der Waals surface area contributed by atoms with E-state index < -0.39 is 0 Å². The highest BCUT2D eigenvalue weighted by molar-refractivity contribution is 5.65. The molecule has 0 amide bonds. The first-order valence-corrected chi connectivity index (χ1v) is 6.07. The van der Waals surface area contributed by atoms with Gasteiger partial charge in [-0.15, -0.1) is 0 Å². The van der Waals surface area contributed by atoms with Crippen molar-refractivity contribution < 1.29 is 0 Å². The van der Waals surface area contributed by atoms with Crippen LogP contribution in [-0.2, 0) is 0 Å². The van der Waals surface area contributed by atoms with Crippen LogP contribution in [0.2, 0.25) is 0 Å². The Hall–Kier alpha value is -1.25. The number of anilines is 2. The fourth-order valence-corrected chi connectivity index (χ4v) is 2.43. The van der Waals surface area contributed by atoms with E-state index in [0.29, 0.717) is 6.04 Å². The predicted molar refractivity (Wildman–Crippen MR) is 69.0 cm³/mol. The minimum Gasteiger partial charge on any atom is -0.379 e. The maximum Gasteiger partial charge on any atom is 0.151 e. The van der Waals surface area contributed by atoms with Crippen molar-refractivity contribution in [2.75, 3.05) is 24.3 Å². The summed E-state index contributed by atoms with van der Waals surface area (Å²) in [5.74, 6) is 1.80. The molecule has 2 unspecified atom stereocenters. The van der Waals surface area contributed by atoms with Crippen LogP contribution in [0.15, 0.2) is 18.3 Å². The van der Waals surface area contributed by atoms with Crippen molar-refractivity contribution in [3.05, 3.63) is 18.3 Å². The second-order valence-corrected chi connectivity index (χ2v) is 4.93. The summed E-state index contributed by atoms with van der Waals surface area (Å²) in [6.45, 7) is 2.33. The summed E-state index contributed by atoms with van der Waals surface area (Å²) >= 11 is 0. The minimum atomic E-state index is 0.614. The summed E-state index contributed by atoms with van der Waals surface area (Å²) in [5.41, 5.74) is 1.16. The van der Waals surface area contributed by atoms with Crippen molar-refractivity contribution in [1.29, 1.82) is 0 Å². The number of pyridine rings is 1. The van der Waals surface area contributed by atoms with Crippen LogP contribution in [-0.4, -0.2) is 25.1 Å². The molecule has 3 nitrogen and oxygen atoms in total. The van der Waals surface area contributed by atoms with Crippen molar-refractivity contribution in [3.63, 3.8) is 0 Å². The van der Waals surface area contributed by atoms with E-state index in [1.807, 2.05) is 26.4 Å². The summed E-state index contributed by atoms with van der Waals surface area (Å²) in [6.07, 6.45) is 5.81. The highest BCUT2D eigenvalue weighted by atomic mass is 15.2. The van der Waals surface area contributed by atoms with Gasteiger partial charge in [-0.1, -0.05) is 13.3 Å². The molecule has 0 aliphatic heterocycles. The first kappa shape index (κ1) is 11.2. The van der Waals surface area contributed by atoms with Crippen LogP contribution in [0.5, 0.6) is 0 Å². The number of rotatable bonds is 3. The zero-order valence-electron chi connectivity index (χ0n) is 10.4. The van der Waals surface area contributed by atoms with Crippen molar-refractivity contribution in [3.8, 4) is 0 Å². The van der Waals surface area contributed by atoms with Gasteiger partial charge in [-0.3, -0.25) is 0 Å². The molecule has 1 N–H and O–H groups in total. The van der Waals surface area contributed by atoms with Gasteiger partial charge in [0.2, 0.25) is 0 Å². The molecule has 3 heteroatoms. The van der Waals surface area contributed by atoms with Gasteiger partial charge in [0.15, 0.2) is 5.82 Å². The van der Waals surface area contributed by atoms with Gasteiger partial charge >= 0.3 is 0 Å². The summed E-state index contributed by atoms with van der Waals surface area (Å²) < 4.78 is 0. The quantitative estimate of drug-likeness (QED) is 0.847. The summed E-state index contributed by atoms with van der Waals surface area (Å²) in [4.78, 5) is 6.47. The van der Waals surface area contributed by atoms with Crippen LogP contribution >= 0.6 is 0 Å². The molecule has 1 saturated carbocycles. The van der Waals surface area contributed by atoms with Gasteiger partial charge < -0.3 is 10.2 Å². The molecule has 1 heterocycles. The standard InChI is InChI=1S/C13H21N3/c1-10-6-4-7-11(10)15-12-8-5-9-14-13(12)16(2)3/h5,8-11,15H,4,6-7H2,1-3H3. The Morgan fingerprint density at radius 1 is 1.38 bits per heavy atom. The van der Waals surface area contributed by atoms with E-state index in [1.165, 1.54) is 19.3 Å². The van der Waals surface area contributed by atoms with Gasteiger partial charge in [-0.05, 0) is 30.9 Å². The first-order chi connectivity index (χ1) is 7.68. The molecule has 1 fully saturated rings. The number of hydrogen-bond acceptors (Lipinski definition) is 3. The molecule has 2 atom stereocenters. The first-order valence-electron chi connectivity index (χ1n) is 6.07. The van der Waals surface area contributed by atoms with Gasteiger partial charge in [0.1, 0.15) is 0 Å². The van der Waals surface area contributed by atoms with Crippen LogP contribution in [0.25, 0.3) is 0 Å². The SMILES string of the molecule is CC1CCCC1Nc1cccnc1N(C)C. The molecular weight excluding hydrogens is 198 g/mol. The van der Waals surface area contributed by atoms with E-state index in [2.05, 4.69) is 28.2 Å². The average molecular weight is 219 g/mol. The maximum absolute atomic E-state index is 4.41. The van der Waals surface area contributed by atoms with E-state index in [-0.39, 0.29) is 0 Å². The lowest BCUT2D eigenvalue weighted by Crippen LogP contribution is -2.24. The molecule has 0 radical (unpaired) electrons. The summed E-state index contributed by atoms with van der Waals surface area (Å²) in [7, 11) is 4.07. The zero-order valence-corrected chi connectivity index (χ0v) is 10.4. The Labute approximate surface area is 97.9 Å². The molecule has 1 aromatic rings. The smallest absolute Gasteiger partial charge is 0.151 e. The zero-order chi connectivity index (χ0) is 11.5. The fourth-order valence-electron chi connectivity index (χ4n) is 2.43. The van der Waals surface area contributed by atoms with Crippen LogP contribution in [0, 0.1) is 5.92 Å². The summed E-state index contributed by atoms with van der Waals surface area (Å²) in [5, 5.41) is 3.64. The van der Waals surface area contributed by atoms with Gasteiger partial charge in [0.25, 0.3) is 0 Å². The molecule has 16 heavy (non-hydrogen) atoms. The summed E-state index contributed by atoms with van der Waals surface area (Å²) in [6, 6.07) is 4.73. The Morgan fingerprint density at radius 3 is 2.81 bits per heavy atom. The maximum atomic E-state index is 4.41. The van der Waals surface area contributed by atoms with Crippen molar-refractivity contribution >= 4 is 11.5 Å². The fraction of sp³-hybridized carbons (Fsp3) is 0.615. The lowest BCUT2D eigenvalue weighted by molar-refractivity contribution is 0.556. The Balaban J connectivity index is 2.14. The van der Waals surface area contributed by atoms with E-state index >= 15 is 0 Å². The number of nitrogens with one attached hydrogen (secondary N) is 1. The second kappa shape index (κ2) is 4.73. The minimum absolute atomic E-state index is 0.614. The largest absolute Gasteiger partial charge is 0.379 e. The van der Waals surface area contributed by atoms with E-state index in [4.69, 9.17) is 0 Å². The van der Waals surface area contributed by atoms with Crippen LogP contribution in [0.4, 0.5) is 11.5 Å². The third-order valence-electron chi connectivity index (χ3n) is 3.41. The highest BCUT2D eigenvalue weighted by Crippen LogP contribution is 2.30. The molecule has 2 rings (SSSR count). The number of hydrogen-bond donors (Lipinski definition) is 1.